The normalized spacial score (nSPS) is 13.8. The molecule has 0 bridgehead atoms. The molecule has 348 valence electrons. The van der Waals surface area contributed by atoms with Crippen LogP contribution in [0.2, 0.25) is 0 Å². The van der Waals surface area contributed by atoms with Gasteiger partial charge in [-0.3, -0.25) is 0 Å². The molecule has 74 heavy (non-hydrogen) atoms. The van der Waals surface area contributed by atoms with Crippen molar-refractivity contribution in [2.24, 2.45) is 0 Å². The minimum Gasteiger partial charge on any atom is -0.455 e. The molecule has 0 saturated heterocycles. The molecule has 1 heterocycles. The first-order valence-corrected chi connectivity index (χ1v) is 25.8. The number of anilines is 3. The standard InChI is InChI=1S/C72H49NO/c1-71(2)62-35-19-32-57(68(62)60-43-47-22-9-10-23-48(47)44-63(60)71)55-30-14-17-36-65(55)73(66-37-18-15-31-56(66)58-33-20-38-67-69(58)59-41-39-46-21-11-12-28-52(46)70(59)74-67)51-40-42-54-53-29-13-16-34-61(53)72(64(54)45-51,49-24-5-3-6-25-49)50-26-7-4-8-27-50/h3-45H,1-2H3. The van der Waals surface area contributed by atoms with Gasteiger partial charge in [-0.15, -0.1) is 0 Å². The molecule has 0 saturated carbocycles. The Hall–Kier alpha value is -9.24. The van der Waals surface area contributed by atoms with Gasteiger partial charge in [0.1, 0.15) is 11.2 Å². The summed E-state index contributed by atoms with van der Waals surface area (Å²) in [6, 6.07) is 96.8. The molecule has 2 nitrogen and oxygen atoms in total. The van der Waals surface area contributed by atoms with Crippen molar-refractivity contribution in [2.75, 3.05) is 4.90 Å². The SMILES string of the molecule is CC1(C)c2cc3ccccc3cc2-c2c(-c3ccccc3N(c3ccc4c(c3)C(c3ccccc3)(c3ccccc3)c3ccccc3-4)c3ccccc3-c3cccc4oc5c6ccccc6ccc5c34)cccc21. The Labute approximate surface area is 431 Å². The maximum atomic E-state index is 6.86. The topological polar surface area (TPSA) is 16.4 Å². The van der Waals surface area contributed by atoms with E-state index >= 15 is 0 Å². The van der Waals surface area contributed by atoms with Gasteiger partial charge in [0.15, 0.2) is 0 Å². The maximum Gasteiger partial charge on any atom is 0.143 e. The zero-order valence-electron chi connectivity index (χ0n) is 41.2. The highest BCUT2D eigenvalue weighted by Crippen LogP contribution is 2.59. The zero-order valence-corrected chi connectivity index (χ0v) is 41.2. The molecule has 12 aromatic carbocycles. The number of hydrogen-bond acceptors (Lipinski definition) is 2. The third-order valence-electron chi connectivity index (χ3n) is 16.5. The smallest absolute Gasteiger partial charge is 0.143 e. The van der Waals surface area contributed by atoms with Crippen LogP contribution in [0.5, 0.6) is 0 Å². The largest absolute Gasteiger partial charge is 0.455 e. The van der Waals surface area contributed by atoms with Gasteiger partial charge >= 0.3 is 0 Å². The molecule has 0 radical (unpaired) electrons. The number of furan rings is 1. The van der Waals surface area contributed by atoms with Crippen molar-refractivity contribution in [1.82, 2.24) is 0 Å². The van der Waals surface area contributed by atoms with E-state index in [9.17, 15) is 0 Å². The second kappa shape index (κ2) is 16.1. The molecule has 0 atom stereocenters. The van der Waals surface area contributed by atoms with Crippen LogP contribution in [0.4, 0.5) is 17.1 Å². The van der Waals surface area contributed by atoms with Crippen LogP contribution in [0, 0.1) is 0 Å². The number of nitrogens with zero attached hydrogens (tertiary/aromatic N) is 1. The Morgan fingerprint density at radius 3 is 1.64 bits per heavy atom. The highest BCUT2D eigenvalue weighted by molar-refractivity contribution is 6.20. The summed E-state index contributed by atoms with van der Waals surface area (Å²) >= 11 is 0. The Balaban J connectivity index is 1.03. The third-order valence-corrected chi connectivity index (χ3v) is 16.5. The summed E-state index contributed by atoms with van der Waals surface area (Å²) in [6.07, 6.45) is 0. The van der Waals surface area contributed by atoms with E-state index in [0.29, 0.717) is 0 Å². The van der Waals surface area contributed by atoms with Crippen LogP contribution in [0.25, 0.3) is 88.0 Å². The summed E-state index contributed by atoms with van der Waals surface area (Å²) in [4.78, 5) is 2.55. The fraction of sp³-hybridized carbons (Fsp3) is 0.0556. The van der Waals surface area contributed by atoms with E-state index in [-0.39, 0.29) is 5.41 Å². The van der Waals surface area contributed by atoms with E-state index in [1.807, 2.05) is 0 Å². The first kappa shape index (κ1) is 42.4. The third kappa shape index (κ3) is 6.00. The molecule has 0 N–H and O–H groups in total. The lowest BCUT2D eigenvalue weighted by atomic mass is 9.67. The average Bonchev–Trinajstić information content (AvgIpc) is 4.14. The van der Waals surface area contributed by atoms with E-state index in [0.717, 1.165) is 66.5 Å². The second-order valence-electron chi connectivity index (χ2n) is 20.7. The molecule has 15 rings (SSSR count). The summed E-state index contributed by atoms with van der Waals surface area (Å²) in [6.45, 7) is 4.78. The summed E-state index contributed by atoms with van der Waals surface area (Å²) in [5.74, 6) is 0. The van der Waals surface area contributed by atoms with E-state index in [2.05, 4.69) is 280 Å². The molecule has 2 aliphatic rings. The number of fused-ring (bicyclic) bond motifs is 12. The predicted octanol–water partition coefficient (Wildman–Crippen LogP) is 19.4. The summed E-state index contributed by atoms with van der Waals surface area (Å²) in [5, 5.41) is 7.01. The van der Waals surface area contributed by atoms with Gasteiger partial charge in [-0.25, -0.2) is 0 Å². The Morgan fingerprint density at radius 1 is 0.338 bits per heavy atom. The van der Waals surface area contributed by atoms with Crippen molar-refractivity contribution in [2.45, 2.75) is 24.7 Å². The molecule has 2 heteroatoms. The van der Waals surface area contributed by atoms with E-state index in [1.54, 1.807) is 0 Å². The van der Waals surface area contributed by atoms with Crippen LogP contribution in [0.15, 0.2) is 265 Å². The molecule has 1 aromatic heterocycles. The van der Waals surface area contributed by atoms with Gasteiger partial charge < -0.3 is 9.32 Å². The van der Waals surface area contributed by atoms with Gasteiger partial charge in [-0.2, -0.15) is 0 Å². The first-order valence-electron chi connectivity index (χ1n) is 25.8. The summed E-state index contributed by atoms with van der Waals surface area (Å²) in [7, 11) is 0. The van der Waals surface area contributed by atoms with Gasteiger partial charge in [0.05, 0.1) is 16.8 Å². The van der Waals surface area contributed by atoms with Crippen molar-refractivity contribution in [3.8, 4) is 44.5 Å². The molecule has 0 fully saturated rings. The quantitative estimate of drug-likeness (QED) is 0.158. The summed E-state index contributed by atoms with van der Waals surface area (Å²) in [5.41, 5.74) is 21.7. The van der Waals surface area contributed by atoms with Crippen LogP contribution < -0.4 is 4.90 Å². The van der Waals surface area contributed by atoms with Crippen molar-refractivity contribution in [1.29, 1.82) is 0 Å². The number of rotatable bonds is 7. The van der Waals surface area contributed by atoms with E-state index < -0.39 is 5.41 Å². The molecule has 0 spiro atoms. The molecule has 13 aromatic rings. The van der Waals surface area contributed by atoms with Crippen LogP contribution in [0.3, 0.4) is 0 Å². The fourth-order valence-electron chi connectivity index (χ4n) is 13.2. The van der Waals surface area contributed by atoms with Crippen LogP contribution in [-0.4, -0.2) is 0 Å². The Bertz CT molecular complexity index is 4370. The first-order chi connectivity index (χ1) is 36.5. The van der Waals surface area contributed by atoms with Gasteiger partial charge in [0.2, 0.25) is 0 Å². The van der Waals surface area contributed by atoms with Gasteiger partial charge in [0, 0.05) is 38.4 Å². The lowest BCUT2D eigenvalue weighted by Gasteiger charge is -2.35. The maximum absolute atomic E-state index is 6.86. The Kier molecular flexibility index (Phi) is 9.25. The molecule has 0 unspecified atom stereocenters. The lowest BCUT2D eigenvalue weighted by molar-refractivity contribution is 0.661. The lowest BCUT2D eigenvalue weighted by Crippen LogP contribution is -2.28. The monoisotopic (exact) mass is 943 g/mol. The number of hydrogen-bond donors (Lipinski definition) is 0. The van der Waals surface area contributed by atoms with Crippen LogP contribution >= 0.6 is 0 Å². The van der Waals surface area contributed by atoms with Gasteiger partial charge in [-0.05, 0) is 131 Å². The van der Waals surface area contributed by atoms with Gasteiger partial charge in [-0.1, -0.05) is 226 Å². The second-order valence-corrected chi connectivity index (χ2v) is 20.7. The highest BCUT2D eigenvalue weighted by Gasteiger charge is 2.46. The minimum absolute atomic E-state index is 0.198. The van der Waals surface area contributed by atoms with Crippen LogP contribution in [0.1, 0.15) is 47.2 Å². The predicted molar refractivity (Wildman–Crippen MR) is 309 cm³/mol. The van der Waals surface area contributed by atoms with Crippen LogP contribution in [-0.2, 0) is 10.8 Å². The van der Waals surface area contributed by atoms with E-state index in [4.69, 9.17) is 4.42 Å². The molecule has 0 amide bonds. The minimum atomic E-state index is -0.586. The summed E-state index contributed by atoms with van der Waals surface area (Å²) < 4.78 is 6.86. The number of benzene rings is 12. The molecule has 2 aliphatic carbocycles. The van der Waals surface area contributed by atoms with Crippen molar-refractivity contribution in [3.63, 3.8) is 0 Å². The molecular formula is C72H49NO. The Morgan fingerprint density at radius 2 is 0.892 bits per heavy atom. The average molecular weight is 944 g/mol. The molecule has 0 aliphatic heterocycles. The highest BCUT2D eigenvalue weighted by atomic mass is 16.3. The zero-order chi connectivity index (χ0) is 49.1. The molecular weight excluding hydrogens is 895 g/mol. The van der Waals surface area contributed by atoms with Crippen molar-refractivity contribution >= 4 is 60.5 Å². The van der Waals surface area contributed by atoms with Crippen molar-refractivity contribution in [3.05, 3.63) is 294 Å². The van der Waals surface area contributed by atoms with Gasteiger partial charge in [0.25, 0.3) is 0 Å². The van der Waals surface area contributed by atoms with E-state index in [1.165, 1.54) is 72.0 Å². The number of para-hydroxylation sites is 2. The van der Waals surface area contributed by atoms with Crippen molar-refractivity contribution < 1.29 is 4.42 Å². The fourth-order valence-corrected chi connectivity index (χ4v) is 13.2.